The second-order valence-corrected chi connectivity index (χ2v) is 6.15. The molecule has 1 N–H and O–H groups in total. The van der Waals surface area contributed by atoms with Crippen molar-refractivity contribution in [1.29, 1.82) is 0 Å². The fourth-order valence-electron chi connectivity index (χ4n) is 3.54. The van der Waals surface area contributed by atoms with Crippen molar-refractivity contribution >= 4 is 5.91 Å². The molecule has 2 aliphatic rings. The number of piperidine rings is 1. The highest BCUT2D eigenvalue weighted by Crippen LogP contribution is 2.27. The Kier molecular flexibility index (Phi) is 4.53. The average Bonchev–Trinajstić information content (AvgIpc) is 3.06. The Balaban J connectivity index is 1.40. The van der Waals surface area contributed by atoms with Crippen LogP contribution in [0.25, 0.3) is 0 Å². The third-order valence-electron chi connectivity index (χ3n) is 4.57. The molecule has 0 bridgehead atoms. The van der Waals surface area contributed by atoms with Gasteiger partial charge in [-0.3, -0.25) is 9.69 Å². The molecule has 3 heterocycles. The van der Waals surface area contributed by atoms with Crippen molar-refractivity contribution in [1.82, 2.24) is 20.4 Å². The first-order valence-electron chi connectivity index (χ1n) is 8.05. The molecular weight excluding hydrogens is 268 g/mol. The van der Waals surface area contributed by atoms with Gasteiger partial charge in [-0.2, -0.15) is 4.98 Å². The Morgan fingerprint density at radius 2 is 2.29 bits per heavy atom. The Labute approximate surface area is 125 Å². The van der Waals surface area contributed by atoms with Crippen LogP contribution in [0.15, 0.2) is 4.52 Å². The summed E-state index contributed by atoms with van der Waals surface area (Å²) in [5.41, 5.74) is 0. The van der Waals surface area contributed by atoms with Gasteiger partial charge in [0.2, 0.25) is 11.8 Å². The van der Waals surface area contributed by atoms with Gasteiger partial charge < -0.3 is 9.84 Å². The van der Waals surface area contributed by atoms with E-state index in [2.05, 4.69) is 20.4 Å². The smallest absolute Gasteiger partial charge is 0.226 e. The standard InChI is InChI=1S/C15H24N4O2/c1-11-16-15(21-18-11)7-4-6-14(20)17-12-8-10-19-9-3-2-5-13(12)19/h12-13H,2-10H2,1H3,(H,17,20)/t12-,13-/m0/s1. The van der Waals surface area contributed by atoms with Crippen molar-refractivity contribution < 1.29 is 9.32 Å². The van der Waals surface area contributed by atoms with E-state index < -0.39 is 0 Å². The number of nitrogens with one attached hydrogen (secondary N) is 1. The summed E-state index contributed by atoms with van der Waals surface area (Å²) in [6.07, 6.45) is 6.89. The van der Waals surface area contributed by atoms with Crippen molar-refractivity contribution in [2.75, 3.05) is 13.1 Å². The molecule has 2 fully saturated rings. The van der Waals surface area contributed by atoms with E-state index in [0.717, 1.165) is 19.4 Å². The average molecular weight is 292 g/mol. The van der Waals surface area contributed by atoms with Crippen LogP contribution in [-0.4, -0.2) is 46.1 Å². The third-order valence-corrected chi connectivity index (χ3v) is 4.57. The Bertz CT molecular complexity index is 488. The van der Waals surface area contributed by atoms with Gasteiger partial charge in [-0.1, -0.05) is 11.6 Å². The molecule has 1 amide bonds. The number of carbonyl (C=O) groups excluding carboxylic acids is 1. The maximum atomic E-state index is 12.1. The van der Waals surface area contributed by atoms with E-state index in [0.29, 0.717) is 36.6 Å². The van der Waals surface area contributed by atoms with Gasteiger partial charge in [-0.05, 0) is 39.2 Å². The molecule has 0 radical (unpaired) electrons. The van der Waals surface area contributed by atoms with Crippen LogP contribution < -0.4 is 5.32 Å². The van der Waals surface area contributed by atoms with Crippen LogP contribution in [0.2, 0.25) is 0 Å². The maximum absolute atomic E-state index is 12.1. The van der Waals surface area contributed by atoms with E-state index in [-0.39, 0.29) is 5.91 Å². The number of aryl methyl sites for hydroxylation is 2. The monoisotopic (exact) mass is 292 g/mol. The van der Waals surface area contributed by atoms with Crippen LogP contribution in [0.1, 0.15) is 50.2 Å². The highest BCUT2D eigenvalue weighted by Gasteiger charge is 2.35. The largest absolute Gasteiger partial charge is 0.352 e. The van der Waals surface area contributed by atoms with Gasteiger partial charge in [-0.25, -0.2) is 0 Å². The number of carbonyl (C=O) groups is 1. The van der Waals surface area contributed by atoms with Crippen molar-refractivity contribution in [2.45, 2.75) is 64.0 Å². The van der Waals surface area contributed by atoms with Gasteiger partial charge in [0.05, 0.1) is 0 Å². The van der Waals surface area contributed by atoms with Gasteiger partial charge >= 0.3 is 0 Å². The molecule has 1 aromatic rings. The Morgan fingerprint density at radius 3 is 3.10 bits per heavy atom. The van der Waals surface area contributed by atoms with Crippen LogP contribution in [0.5, 0.6) is 0 Å². The molecule has 1 aromatic heterocycles. The first-order chi connectivity index (χ1) is 10.2. The highest BCUT2D eigenvalue weighted by molar-refractivity contribution is 5.76. The SMILES string of the molecule is Cc1noc(CCCC(=O)N[C@H]2CCN3CCCC[C@@H]23)n1. The van der Waals surface area contributed by atoms with Gasteiger partial charge in [0, 0.05) is 31.5 Å². The molecule has 2 atom stereocenters. The number of aromatic nitrogens is 2. The fraction of sp³-hybridized carbons (Fsp3) is 0.800. The molecule has 116 valence electrons. The van der Waals surface area contributed by atoms with Gasteiger partial charge in [0.25, 0.3) is 0 Å². The second kappa shape index (κ2) is 6.56. The summed E-state index contributed by atoms with van der Waals surface area (Å²) in [6, 6.07) is 0.921. The zero-order valence-corrected chi connectivity index (χ0v) is 12.7. The van der Waals surface area contributed by atoms with E-state index in [1.807, 2.05) is 0 Å². The fourth-order valence-corrected chi connectivity index (χ4v) is 3.54. The van der Waals surface area contributed by atoms with Gasteiger partial charge in [-0.15, -0.1) is 0 Å². The Hall–Kier alpha value is -1.43. The summed E-state index contributed by atoms with van der Waals surface area (Å²) >= 11 is 0. The number of hydrogen-bond donors (Lipinski definition) is 1. The van der Waals surface area contributed by atoms with Gasteiger partial charge in [0.15, 0.2) is 5.82 Å². The molecule has 2 saturated heterocycles. The normalized spacial score (nSPS) is 25.8. The molecule has 0 aromatic carbocycles. The van der Waals surface area contributed by atoms with E-state index in [4.69, 9.17) is 4.52 Å². The quantitative estimate of drug-likeness (QED) is 0.889. The van der Waals surface area contributed by atoms with Crippen molar-refractivity contribution in [3.63, 3.8) is 0 Å². The number of fused-ring (bicyclic) bond motifs is 1. The van der Waals surface area contributed by atoms with Crippen molar-refractivity contribution in [2.24, 2.45) is 0 Å². The first kappa shape index (κ1) is 14.5. The molecule has 21 heavy (non-hydrogen) atoms. The lowest BCUT2D eigenvalue weighted by molar-refractivity contribution is -0.122. The molecule has 2 aliphatic heterocycles. The summed E-state index contributed by atoms with van der Waals surface area (Å²) in [7, 11) is 0. The zero-order valence-electron chi connectivity index (χ0n) is 12.7. The minimum absolute atomic E-state index is 0.156. The molecule has 0 unspecified atom stereocenters. The number of amides is 1. The van der Waals surface area contributed by atoms with Crippen LogP contribution >= 0.6 is 0 Å². The summed E-state index contributed by atoms with van der Waals surface area (Å²) in [5.74, 6) is 1.43. The van der Waals surface area contributed by atoms with E-state index in [9.17, 15) is 4.79 Å². The lowest BCUT2D eigenvalue weighted by atomic mass is 9.99. The second-order valence-electron chi connectivity index (χ2n) is 6.15. The minimum atomic E-state index is 0.156. The molecule has 6 nitrogen and oxygen atoms in total. The first-order valence-corrected chi connectivity index (χ1v) is 8.05. The van der Waals surface area contributed by atoms with Crippen LogP contribution in [-0.2, 0) is 11.2 Å². The molecule has 6 heteroatoms. The van der Waals surface area contributed by atoms with Gasteiger partial charge in [0.1, 0.15) is 0 Å². The maximum Gasteiger partial charge on any atom is 0.226 e. The number of hydrogen-bond acceptors (Lipinski definition) is 5. The zero-order chi connectivity index (χ0) is 14.7. The third kappa shape index (κ3) is 3.61. The van der Waals surface area contributed by atoms with E-state index in [1.165, 1.54) is 25.8 Å². The van der Waals surface area contributed by atoms with E-state index in [1.54, 1.807) is 6.92 Å². The molecule has 0 aliphatic carbocycles. The van der Waals surface area contributed by atoms with Crippen molar-refractivity contribution in [3.8, 4) is 0 Å². The minimum Gasteiger partial charge on any atom is -0.352 e. The molecule has 3 rings (SSSR count). The van der Waals surface area contributed by atoms with Crippen molar-refractivity contribution in [3.05, 3.63) is 11.7 Å². The molecule has 0 spiro atoms. The van der Waals surface area contributed by atoms with Crippen LogP contribution in [0, 0.1) is 6.92 Å². The Morgan fingerprint density at radius 1 is 1.38 bits per heavy atom. The summed E-state index contributed by atoms with van der Waals surface area (Å²) in [5, 5.41) is 6.97. The van der Waals surface area contributed by atoms with Crippen LogP contribution in [0.3, 0.4) is 0 Å². The van der Waals surface area contributed by atoms with Crippen LogP contribution in [0.4, 0.5) is 0 Å². The predicted molar refractivity (Wildman–Crippen MR) is 77.7 cm³/mol. The topological polar surface area (TPSA) is 71.3 Å². The molecule has 0 saturated carbocycles. The number of rotatable bonds is 5. The predicted octanol–water partition coefficient (Wildman–Crippen LogP) is 1.44. The summed E-state index contributed by atoms with van der Waals surface area (Å²) in [6.45, 7) is 4.14. The number of nitrogens with zero attached hydrogens (tertiary/aromatic N) is 3. The lowest BCUT2D eigenvalue weighted by Crippen LogP contribution is -2.46. The summed E-state index contributed by atoms with van der Waals surface area (Å²) < 4.78 is 5.05. The summed E-state index contributed by atoms with van der Waals surface area (Å²) in [4.78, 5) is 18.8. The van der Waals surface area contributed by atoms with E-state index >= 15 is 0 Å². The highest BCUT2D eigenvalue weighted by atomic mass is 16.5. The molecular formula is C15H24N4O2. The lowest BCUT2D eigenvalue weighted by Gasteiger charge is -2.32.